The van der Waals surface area contributed by atoms with Crippen molar-refractivity contribution in [2.45, 2.75) is 45.3 Å². The molecule has 1 fully saturated rings. The summed E-state index contributed by atoms with van der Waals surface area (Å²) < 4.78 is 50.2. The molecule has 3 rings (SSSR count). The molecule has 0 aliphatic carbocycles. The highest BCUT2D eigenvalue weighted by molar-refractivity contribution is 6.31. The van der Waals surface area contributed by atoms with Gasteiger partial charge in [-0.2, -0.15) is 0 Å². The maximum Gasteiger partial charge on any atom is 0.341 e. The third-order valence-corrected chi connectivity index (χ3v) is 4.37. The third kappa shape index (κ3) is 5.79. The number of rotatable bonds is 5. The molecule has 0 radical (unpaired) electrons. The van der Waals surface area contributed by atoms with Crippen LogP contribution < -0.4 is 9.47 Å². The number of aromatic nitrogens is 1. The number of hydrogen-bond donors (Lipinski definition) is 0. The van der Waals surface area contributed by atoms with Crippen LogP contribution in [0.15, 0.2) is 24.4 Å². The quantitative estimate of drug-likeness (QED) is 0.585. The maximum atomic E-state index is 14.4. The highest BCUT2D eigenvalue weighted by Crippen LogP contribution is 2.32. The van der Waals surface area contributed by atoms with Crippen molar-refractivity contribution in [1.29, 1.82) is 0 Å². The first-order valence-electron chi connectivity index (χ1n) is 9.42. The SMILES string of the molecule is CC(C)(C)OC(=O)c1cc(F)c(Oc2cnc(OC3CCOCC3)c(Cl)c2)cc1F. The van der Waals surface area contributed by atoms with E-state index in [1.807, 2.05) is 0 Å². The van der Waals surface area contributed by atoms with Crippen LogP contribution in [0.5, 0.6) is 17.4 Å². The molecule has 1 saturated heterocycles. The van der Waals surface area contributed by atoms with Crippen molar-refractivity contribution >= 4 is 17.6 Å². The summed E-state index contributed by atoms with van der Waals surface area (Å²) in [6.45, 7) is 6.09. The molecule has 1 aromatic carbocycles. The molecule has 6 nitrogen and oxygen atoms in total. The zero-order valence-corrected chi connectivity index (χ0v) is 17.6. The fraction of sp³-hybridized carbons (Fsp3) is 0.429. The summed E-state index contributed by atoms with van der Waals surface area (Å²) in [6.07, 6.45) is 2.69. The van der Waals surface area contributed by atoms with Gasteiger partial charge in [-0.1, -0.05) is 11.6 Å². The molecule has 0 bridgehead atoms. The molecule has 1 aliphatic heterocycles. The molecule has 162 valence electrons. The lowest BCUT2D eigenvalue weighted by Gasteiger charge is -2.23. The summed E-state index contributed by atoms with van der Waals surface area (Å²) in [6, 6.07) is 2.90. The van der Waals surface area contributed by atoms with Gasteiger partial charge in [0.1, 0.15) is 28.3 Å². The Morgan fingerprint density at radius 3 is 2.50 bits per heavy atom. The molecule has 2 heterocycles. The normalized spacial score (nSPS) is 15.0. The first-order chi connectivity index (χ1) is 14.1. The van der Waals surface area contributed by atoms with Crippen molar-refractivity contribution in [3.63, 3.8) is 0 Å². The third-order valence-electron chi connectivity index (χ3n) is 4.10. The van der Waals surface area contributed by atoms with Gasteiger partial charge in [0.05, 0.1) is 25.0 Å². The Morgan fingerprint density at radius 2 is 1.87 bits per heavy atom. The molecular weight excluding hydrogens is 420 g/mol. The highest BCUT2D eigenvalue weighted by atomic mass is 35.5. The van der Waals surface area contributed by atoms with E-state index in [0.717, 1.165) is 25.0 Å². The van der Waals surface area contributed by atoms with Crippen LogP contribution in [0.1, 0.15) is 44.0 Å². The molecule has 0 amide bonds. The molecule has 2 aromatic rings. The Hall–Kier alpha value is -2.45. The lowest BCUT2D eigenvalue weighted by molar-refractivity contribution is 0.00639. The molecule has 0 spiro atoms. The Morgan fingerprint density at radius 1 is 1.17 bits per heavy atom. The van der Waals surface area contributed by atoms with E-state index in [1.54, 1.807) is 20.8 Å². The summed E-state index contributed by atoms with van der Waals surface area (Å²) in [7, 11) is 0. The van der Waals surface area contributed by atoms with Crippen molar-refractivity contribution in [2.24, 2.45) is 0 Å². The second kappa shape index (κ2) is 9.14. The second-order valence-corrected chi connectivity index (χ2v) is 8.16. The number of halogens is 3. The minimum atomic E-state index is -0.973. The number of pyridine rings is 1. The zero-order chi connectivity index (χ0) is 21.9. The number of ether oxygens (including phenoxy) is 4. The van der Waals surface area contributed by atoms with Gasteiger partial charge in [0.25, 0.3) is 0 Å². The molecule has 9 heteroatoms. The van der Waals surface area contributed by atoms with E-state index in [-0.39, 0.29) is 22.8 Å². The van der Waals surface area contributed by atoms with Crippen molar-refractivity contribution in [3.8, 4) is 17.4 Å². The van der Waals surface area contributed by atoms with Gasteiger partial charge >= 0.3 is 5.97 Å². The van der Waals surface area contributed by atoms with Gasteiger partial charge in [-0.3, -0.25) is 0 Å². The lowest BCUT2D eigenvalue weighted by atomic mass is 10.1. The summed E-state index contributed by atoms with van der Waals surface area (Å²) >= 11 is 6.19. The van der Waals surface area contributed by atoms with Gasteiger partial charge in [-0.25, -0.2) is 18.6 Å². The van der Waals surface area contributed by atoms with E-state index in [9.17, 15) is 13.6 Å². The molecule has 1 aromatic heterocycles. The van der Waals surface area contributed by atoms with Crippen LogP contribution in [-0.2, 0) is 9.47 Å². The predicted octanol–water partition coefficient (Wildman–Crippen LogP) is 5.32. The minimum absolute atomic E-state index is 0.0533. The molecular formula is C21H22ClF2NO5. The number of carbonyl (C=O) groups is 1. The Kier molecular flexibility index (Phi) is 6.77. The minimum Gasteiger partial charge on any atom is -0.473 e. The van der Waals surface area contributed by atoms with E-state index >= 15 is 0 Å². The van der Waals surface area contributed by atoms with E-state index in [1.165, 1.54) is 12.3 Å². The molecule has 30 heavy (non-hydrogen) atoms. The van der Waals surface area contributed by atoms with Crippen LogP contribution in [-0.4, -0.2) is 35.9 Å². The fourth-order valence-electron chi connectivity index (χ4n) is 2.73. The number of nitrogens with zero attached hydrogens (tertiary/aromatic N) is 1. The smallest absolute Gasteiger partial charge is 0.341 e. The highest BCUT2D eigenvalue weighted by Gasteiger charge is 2.24. The van der Waals surface area contributed by atoms with Crippen molar-refractivity contribution < 1.29 is 32.5 Å². The summed E-state index contributed by atoms with van der Waals surface area (Å²) in [5.41, 5.74) is -1.36. The van der Waals surface area contributed by atoms with Gasteiger partial charge in [0, 0.05) is 25.0 Å². The number of hydrogen-bond acceptors (Lipinski definition) is 6. The van der Waals surface area contributed by atoms with Crippen molar-refractivity contribution in [1.82, 2.24) is 4.98 Å². The summed E-state index contributed by atoms with van der Waals surface area (Å²) in [5, 5.41) is 0.172. The Balaban J connectivity index is 1.73. The number of esters is 1. The topological polar surface area (TPSA) is 66.9 Å². The molecule has 0 atom stereocenters. The Bertz CT molecular complexity index is 926. The fourth-order valence-corrected chi connectivity index (χ4v) is 2.93. The van der Waals surface area contributed by atoms with Gasteiger partial charge in [-0.05, 0) is 26.8 Å². The lowest BCUT2D eigenvalue weighted by Crippen LogP contribution is -2.26. The molecule has 1 aliphatic rings. The first kappa shape index (κ1) is 22.2. The van der Waals surface area contributed by atoms with E-state index in [0.29, 0.717) is 13.2 Å². The maximum absolute atomic E-state index is 14.4. The predicted molar refractivity (Wildman–Crippen MR) is 105 cm³/mol. The van der Waals surface area contributed by atoms with E-state index < -0.39 is 34.5 Å². The van der Waals surface area contributed by atoms with Gasteiger partial charge in [-0.15, -0.1) is 0 Å². The summed E-state index contributed by atoms with van der Waals surface area (Å²) in [4.78, 5) is 16.1. The molecule has 0 unspecified atom stereocenters. The van der Waals surface area contributed by atoms with Crippen molar-refractivity contribution in [2.75, 3.05) is 13.2 Å². The second-order valence-electron chi connectivity index (χ2n) is 7.75. The van der Waals surface area contributed by atoms with Crippen LogP contribution in [0.3, 0.4) is 0 Å². The van der Waals surface area contributed by atoms with Gasteiger partial charge in [0.2, 0.25) is 5.88 Å². The summed E-state index contributed by atoms with van der Waals surface area (Å²) in [5.74, 6) is -2.99. The van der Waals surface area contributed by atoms with E-state index in [2.05, 4.69) is 4.98 Å². The van der Waals surface area contributed by atoms with Gasteiger partial charge < -0.3 is 18.9 Å². The molecule has 0 N–H and O–H groups in total. The van der Waals surface area contributed by atoms with Crippen LogP contribution in [0.2, 0.25) is 5.02 Å². The number of benzene rings is 1. The average Bonchev–Trinajstić information content (AvgIpc) is 2.66. The average molecular weight is 442 g/mol. The van der Waals surface area contributed by atoms with Crippen LogP contribution in [0, 0.1) is 11.6 Å². The largest absolute Gasteiger partial charge is 0.473 e. The van der Waals surface area contributed by atoms with Gasteiger partial charge in [0.15, 0.2) is 11.6 Å². The monoisotopic (exact) mass is 441 g/mol. The first-order valence-corrected chi connectivity index (χ1v) is 9.80. The zero-order valence-electron chi connectivity index (χ0n) is 16.8. The number of carbonyl (C=O) groups excluding carboxylic acids is 1. The van der Waals surface area contributed by atoms with E-state index in [4.69, 9.17) is 30.5 Å². The van der Waals surface area contributed by atoms with Crippen LogP contribution in [0.4, 0.5) is 8.78 Å². The van der Waals surface area contributed by atoms with Crippen LogP contribution in [0.25, 0.3) is 0 Å². The van der Waals surface area contributed by atoms with Crippen LogP contribution >= 0.6 is 11.6 Å². The van der Waals surface area contributed by atoms with Crippen molar-refractivity contribution in [3.05, 3.63) is 46.6 Å². The standard InChI is InChI=1S/C21H22ClF2NO5/c1-21(2,3)30-20(26)14-9-17(24)18(10-16(14)23)28-13-8-15(22)19(25-11-13)29-12-4-6-27-7-5-12/h8-12H,4-7H2,1-3H3. The molecule has 0 saturated carbocycles. The Labute approximate surface area is 178 Å².